The van der Waals surface area contributed by atoms with Gasteiger partial charge in [0.15, 0.2) is 5.69 Å². The highest BCUT2D eigenvalue weighted by Gasteiger charge is 2.17. The van der Waals surface area contributed by atoms with Crippen LogP contribution in [0.5, 0.6) is 0 Å². The Kier molecular flexibility index (Phi) is 5.94. The lowest BCUT2D eigenvalue weighted by atomic mass is 10.0. The van der Waals surface area contributed by atoms with Crippen LogP contribution in [0.2, 0.25) is 0 Å². The van der Waals surface area contributed by atoms with Crippen LogP contribution >= 0.6 is 0 Å². The highest BCUT2D eigenvalue weighted by molar-refractivity contribution is 6.06. The SMILES string of the molecule is CC(=NNC(=O)c1nn(Cc2ccccc2)c(=O)c2ccccc12)c1ccc(C)c(C)c1. The van der Waals surface area contributed by atoms with Gasteiger partial charge in [0.2, 0.25) is 0 Å². The maximum absolute atomic E-state index is 13.0. The minimum Gasteiger partial charge on any atom is -0.267 e. The second-order valence-electron chi connectivity index (χ2n) is 7.78. The molecule has 0 atom stereocenters. The molecule has 160 valence electrons. The van der Waals surface area contributed by atoms with E-state index in [0.29, 0.717) is 16.5 Å². The number of aromatic nitrogens is 2. The van der Waals surface area contributed by atoms with Crippen molar-refractivity contribution >= 4 is 22.4 Å². The Balaban J connectivity index is 1.69. The summed E-state index contributed by atoms with van der Waals surface area (Å²) in [6.07, 6.45) is 0. The number of amides is 1. The van der Waals surface area contributed by atoms with Gasteiger partial charge in [0.1, 0.15) is 0 Å². The summed E-state index contributed by atoms with van der Waals surface area (Å²) in [4.78, 5) is 26.0. The van der Waals surface area contributed by atoms with Crippen molar-refractivity contribution in [2.24, 2.45) is 5.10 Å². The first-order chi connectivity index (χ1) is 15.4. The quantitative estimate of drug-likeness (QED) is 0.385. The first kappa shape index (κ1) is 21.2. The van der Waals surface area contributed by atoms with E-state index in [1.807, 2.05) is 62.4 Å². The molecule has 0 spiro atoms. The fourth-order valence-electron chi connectivity index (χ4n) is 3.48. The lowest BCUT2D eigenvalue weighted by Crippen LogP contribution is -2.29. The van der Waals surface area contributed by atoms with Crippen molar-refractivity contribution in [1.29, 1.82) is 0 Å². The van der Waals surface area contributed by atoms with Gasteiger partial charge >= 0.3 is 0 Å². The molecule has 0 saturated carbocycles. The highest BCUT2D eigenvalue weighted by Crippen LogP contribution is 2.14. The maximum Gasteiger partial charge on any atom is 0.292 e. The first-order valence-electron chi connectivity index (χ1n) is 10.4. The summed E-state index contributed by atoms with van der Waals surface area (Å²) in [7, 11) is 0. The van der Waals surface area contributed by atoms with Crippen molar-refractivity contribution in [2.75, 3.05) is 0 Å². The zero-order chi connectivity index (χ0) is 22.7. The number of hydrazone groups is 1. The van der Waals surface area contributed by atoms with Gasteiger partial charge in [0, 0.05) is 5.39 Å². The van der Waals surface area contributed by atoms with Gasteiger partial charge in [-0.1, -0.05) is 60.7 Å². The number of nitrogens with one attached hydrogen (secondary N) is 1. The molecule has 0 fully saturated rings. The van der Waals surface area contributed by atoms with E-state index in [-0.39, 0.29) is 17.8 Å². The molecule has 32 heavy (non-hydrogen) atoms. The van der Waals surface area contributed by atoms with Crippen LogP contribution in [-0.4, -0.2) is 21.4 Å². The van der Waals surface area contributed by atoms with Crippen LogP contribution < -0.4 is 11.0 Å². The van der Waals surface area contributed by atoms with Crippen LogP contribution in [0.25, 0.3) is 10.8 Å². The number of benzene rings is 3. The second kappa shape index (κ2) is 8.98. The fraction of sp³-hybridized carbons (Fsp3) is 0.154. The van der Waals surface area contributed by atoms with Gasteiger partial charge in [0.25, 0.3) is 11.5 Å². The van der Waals surface area contributed by atoms with E-state index < -0.39 is 5.91 Å². The smallest absolute Gasteiger partial charge is 0.267 e. The summed E-state index contributed by atoms with van der Waals surface area (Å²) in [6.45, 7) is 6.20. The molecule has 0 aliphatic rings. The van der Waals surface area contributed by atoms with Crippen molar-refractivity contribution in [3.05, 3.63) is 111 Å². The Morgan fingerprint density at radius 1 is 0.938 bits per heavy atom. The van der Waals surface area contributed by atoms with Crippen molar-refractivity contribution in [3.63, 3.8) is 0 Å². The monoisotopic (exact) mass is 424 g/mol. The molecule has 1 amide bonds. The summed E-state index contributed by atoms with van der Waals surface area (Å²) in [5.74, 6) is -0.466. The molecule has 0 saturated heterocycles. The van der Waals surface area contributed by atoms with Crippen LogP contribution in [0.4, 0.5) is 0 Å². The summed E-state index contributed by atoms with van der Waals surface area (Å²) in [5.41, 5.74) is 7.42. The second-order valence-corrected chi connectivity index (χ2v) is 7.78. The van der Waals surface area contributed by atoms with E-state index in [1.165, 1.54) is 10.2 Å². The molecule has 3 aromatic carbocycles. The van der Waals surface area contributed by atoms with Gasteiger partial charge in [0.05, 0.1) is 17.6 Å². The minimum absolute atomic E-state index is 0.160. The molecule has 4 rings (SSSR count). The lowest BCUT2D eigenvalue weighted by Gasteiger charge is -2.11. The zero-order valence-corrected chi connectivity index (χ0v) is 18.3. The van der Waals surface area contributed by atoms with Gasteiger partial charge in [-0.25, -0.2) is 10.1 Å². The third-order valence-electron chi connectivity index (χ3n) is 5.51. The molecule has 0 unspecified atom stereocenters. The molecule has 1 heterocycles. The largest absolute Gasteiger partial charge is 0.292 e. The number of hydrogen-bond donors (Lipinski definition) is 1. The standard InChI is InChI=1S/C26H24N4O2/c1-17-13-14-21(15-18(17)2)19(3)27-28-25(31)24-22-11-7-8-12-23(22)26(32)30(29-24)16-20-9-5-4-6-10-20/h4-15H,16H2,1-3H3,(H,28,31). The molecule has 6 nitrogen and oxygen atoms in total. The predicted molar refractivity (Wildman–Crippen MR) is 127 cm³/mol. The average molecular weight is 425 g/mol. The average Bonchev–Trinajstić information content (AvgIpc) is 2.81. The summed E-state index contributed by atoms with van der Waals surface area (Å²) < 4.78 is 1.33. The van der Waals surface area contributed by atoms with E-state index in [2.05, 4.69) is 22.5 Å². The zero-order valence-electron chi connectivity index (χ0n) is 18.3. The Morgan fingerprint density at radius 3 is 2.34 bits per heavy atom. The third-order valence-corrected chi connectivity index (χ3v) is 5.51. The maximum atomic E-state index is 13.0. The number of carbonyl (C=O) groups excluding carboxylic acids is 1. The molecular weight excluding hydrogens is 400 g/mol. The van der Waals surface area contributed by atoms with Gasteiger partial charge in [-0.05, 0) is 55.2 Å². The molecule has 1 N–H and O–H groups in total. The molecule has 1 aromatic heterocycles. The Bertz CT molecular complexity index is 1390. The molecule has 0 aliphatic heterocycles. The van der Waals surface area contributed by atoms with Gasteiger partial charge in [-0.15, -0.1) is 0 Å². The molecule has 6 heteroatoms. The Morgan fingerprint density at radius 2 is 1.62 bits per heavy atom. The Hall–Kier alpha value is -4.06. The minimum atomic E-state index is -0.466. The Labute approximate surface area is 186 Å². The fourth-order valence-corrected chi connectivity index (χ4v) is 3.48. The summed E-state index contributed by atoms with van der Waals surface area (Å²) in [6, 6.07) is 22.6. The molecule has 4 aromatic rings. The number of rotatable bonds is 5. The van der Waals surface area contributed by atoms with Crippen LogP contribution in [0.1, 0.15) is 39.7 Å². The van der Waals surface area contributed by atoms with E-state index >= 15 is 0 Å². The van der Waals surface area contributed by atoms with Crippen LogP contribution in [0.3, 0.4) is 0 Å². The molecule has 0 bridgehead atoms. The van der Waals surface area contributed by atoms with Crippen LogP contribution in [0.15, 0.2) is 82.7 Å². The first-order valence-corrected chi connectivity index (χ1v) is 10.4. The number of nitrogens with zero attached hydrogens (tertiary/aromatic N) is 3. The van der Waals surface area contributed by atoms with Gasteiger partial charge in [-0.3, -0.25) is 9.59 Å². The predicted octanol–water partition coefficient (Wildman–Crippen LogP) is 4.22. The highest BCUT2D eigenvalue weighted by atomic mass is 16.2. The van der Waals surface area contributed by atoms with Gasteiger partial charge in [-0.2, -0.15) is 10.2 Å². The van der Waals surface area contributed by atoms with E-state index in [1.54, 1.807) is 24.3 Å². The topological polar surface area (TPSA) is 76.3 Å². The number of aryl methyl sites for hydroxylation is 2. The summed E-state index contributed by atoms with van der Waals surface area (Å²) in [5, 5.41) is 9.61. The molecule has 0 aliphatic carbocycles. The van der Waals surface area contributed by atoms with E-state index in [9.17, 15) is 9.59 Å². The normalized spacial score (nSPS) is 11.5. The number of hydrogen-bond acceptors (Lipinski definition) is 4. The van der Waals surface area contributed by atoms with Gasteiger partial charge < -0.3 is 0 Å². The summed E-state index contributed by atoms with van der Waals surface area (Å²) >= 11 is 0. The van der Waals surface area contributed by atoms with Crippen molar-refractivity contribution in [1.82, 2.24) is 15.2 Å². The molecule has 0 radical (unpaired) electrons. The van der Waals surface area contributed by atoms with Crippen LogP contribution in [-0.2, 0) is 6.54 Å². The van der Waals surface area contributed by atoms with Crippen molar-refractivity contribution in [2.45, 2.75) is 27.3 Å². The van der Waals surface area contributed by atoms with E-state index in [4.69, 9.17) is 0 Å². The third kappa shape index (κ3) is 4.34. The lowest BCUT2D eigenvalue weighted by molar-refractivity contribution is 0.0949. The van der Waals surface area contributed by atoms with Crippen molar-refractivity contribution < 1.29 is 4.79 Å². The number of fused-ring (bicyclic) bond motifs is 1. The number of carbonyl (C=O) groups is 1. The van der Waals surface area contributed by atoms with E-state index in [0.717, 1.165) is 16.7 Å². The molecular formula is C26H24N4O2. The van der Waals surface area contributed by atoms with Crippen LogP contribution in [0, 0.1) is 13.8 Å². The van der Waals surface area contributed by atoms with Crippen molar-refractivity contribution in [3.8, 4) is 0 Å².